The van der Waals surface area contributed by atoms with Crippen LogP contribution >= 0.6 is 11.6 Å². The molecule has 2 amide bonds. The maximum atomic E-state index is 12.4. The highest BCUT2D eigenvalue weighted by Gasteiger charge is 2.23. The third-order valence-electron chi connectivity index (χ3n) is 4.13. The van der Waals surface area contributed by atoms with Gasteiger partial charge < -0.3 is 10.2 Å². The summed E-state index contributed by atoms with van der Waals surface area (Å²) in [7, 11) is 0. The van der Waals surface area contributed by atoms with Crippen molar-refractivity contribution in [3.05, 3.63) is 64.7 Å². The standard InChI is InChI=1S/C19H19ClN2O2/c20-16-7-3-6-15(13-16)19(24)21-11-4-9-18(23)22-12-10-14-5-1-2-8-17(14)22/h1-3,5-8,13H,4,9-12H2,(H,21,24). The number of halogens is 1. The van der Waals surface area contributed by atoms with Gasteiger partial charge in [0, 0.05) is 35.8 Å². The number of nitrogens with one attached hydrogen (secondary N) is 1. The van der Waals surface area contributed by atoms with Crippen LogP contribution in [-0.4, -0.2) is 24.9 Å². The van der Waals surface area contributed by atoms with E-state index in [9.17, 15) is 9.59 Å². The lowest BCUT2D eigenvalue weighted by Gasteiger charge is -2.17. The number of carbonyl (C=O) groups excluding carboxylic acids is 2. The Labute approximate surface area is 146 Å². The first-order chi connectivity index (χ1) is 11.6. The van der Waals surface area contributed by atoms with Crippen LogP contribution in [-0.2, 0) is 11.2 Å². The van der Waals surface area contributed by atoms with Crippen molar-refractivity contribution in [3.63, 3.8) is 0 Å². The molecular formula is C19H19ClN2O2. The van der Waals surface area contributed by atoms with E-state index in [0.717, 1.165) is 18.7 Å². The Morgan fingerprint density at radius 1 is 1.12 bits per heavy atom. The van der Waals surface area contributed by atoms with Gasteiger partial charge in [-0.05, 0) is 42.7 Å². The van der Waals surface area contributed by atoms with Gasteiger partial charge in [-0.1, -0.05) is 35.9 Å². The summed E-state index contributed by atoms with van der Waals surface area (Å²) in [6, 6.07) is 14.8. The number of carbonyl (C=O) groups is 2. The average molecular weight is 343 g/mol. The van der Waals surface area contributed by atoms with Gasteiger partial charge in [-0.2, -0.15) is 0 Å². The zero-order valence-electron chi connectivity index (χ0n) is 13.3. The molecule has 24 heavy (non-hydrogen) atoms. The summed E-state index contributed by atoms with van der Waals surface area (Å²) < 4.78 is 0. The van der Waals surface area contributed by atoms with Crippen molar-refractivity contribution in [1.29, 1.82) is 0 Å². The van der Waals surface area contributed by atoms with E-state index in [-0.39, 0.29) is 11.8 Å². The van der Waals surface area contributed by atoms with E-state index in [1.807, 2.05) is 23.1 Å². The molecule has 0 aliphatic carbocycles. The van der Waals surface area contributed by atoms with Crippen LogP contribution in [0.1, 0.15) is 28.8 Å². The molecule has 0 aromatic heterocycles. The molecular weight excluding hydrogens is 324 g/mol. The highest BCUT2D eigenvalue weighted by atomic mass is 35.5. The highest BCUT2D eigenvalue weighted by molar-refractivity contribution is 6.30. The quantitative estimate of drug-likeness (QED) is 0.846. The van der Waals surface area contributed by atoms with Crippen LogP contribution < -0.4 is 10.2 Å². The van der Waals surface area contributed by atoms with E-state index in [2.05, 4.69) is 11.4 Å². The fraction of sp³-hybridized carbons (Fsp3) is 0.263. The molecule has 3 rings (SSSR count). The number of rotatable bonds is 5. The van der Waals surface area contributed by atoms with Crippen molar-refractivity contribution in [1.82, 2.24) is 5.32 Å². The summed E-state index contributed by atoms with van der Waals surface area (Å²) >= 11 is 5.88. The molecule has 4 nitrogen and oxygen atoms in total. The van der Waals surface area contributed by atoms with Crippen molar-refractivity contribution in [2.24, 2.45) is 0 Å². The lowest BCUT2D eigenvalue weighted by molar-refractivity contribution is -0.118. The Balaban J connectivity index is 1.46. The second-order valence-electron chi connectivity index (χ2n) is 5.79. The summed E-state index contributed by atoms with van der Waals surface area (Å²) in [6.45, 7) is 1.21. The molecule has 1 heterocycles. The molecule has 0 radical (unpaired) electrons. The predicted molar refractivity (Wildman–Crippen MR) is 95.5 cm³/mol. The van der Waals surface area contributed by atoms with Crippen LogP contribution in [0.4, 0.5) is 5.69 Å². The topological polar surface area (TPSA) is 49.4 Å². The summed E-state index contributed by atoms with van der Waals surface area (Å²) in [5.41, 5.74) is 2.77. The normalized spacial score (nSPS) is 12.8. The lowest BCUT2D eigenvalue weighted by Crippen LogP contribution is -2.30. The molecule has 0 spiro atoms. The first-order valence-electron chi connectivity index (χ1n) is 8.07. The summed E-state index contributed by atoms with van der Waals surface area (Å²) in [5, 5.41) is 3.36. The maximum Gasteiger partial charge on any atom is 0.251 e. The Morgan fingerprint density at radius 3 is 2.79 bits per heavy atom. The predicted octanol–water partition coefficient (Wildman–Crippen LogP) is 3.44. The minimum Gasteiger partial charge on any atom is -0.352 e. The van der Waals surface area contributed by atoms with Gasteiger partial charge in [-0.25, -0.2) is 0 Å². The van der Waals surface area contributed by atoms with Gasteiger partial charge >= 0.3 is 0 Å². The van der Waals surface area contributed by atoms with Gasteiger partial charge in [0.15, 0.2) is 0 Å². The van der Waals surface area contributed by atoms with Crippen LogP contribution in [0.25, 0.3) is 0 Å². The molecule has 1 aliphatic rings. The fourth-order valence-corrected chi connectivity index (χ4v) is 3.10. The largest absolute Gasteiger partial charge is 0.352 e. The van der Waals surface area contributed by atoms with Crippen LogP contribution in [0.5, 0.6) is 0 Å². The number of para-hydroxylation sites is 1. The van der Waals surface area contributed by atoms with Crippen molar-refractivity contribution >= 4 is 29.1 Å². The van der Waals surface area contributed by atoms with Gasteiger partial charge in [-0.15, -0.1) is 0 Å². The zero-order valence-corrected chi connectivity index (χ0v) is 14.1. The van der Waals surface area contributed by atoms with E-state index in [1.165, 1.54) is 5.56 Å². The molecule has 2 aromatic rings. The van der Waals surface area contributed by atoms with Crippen LogP contribution in [0.2, 0.25) is 5.02 Å². The first kappa shape index (κ1) is 16.5. The summed E-state index contributed by atoms with van der Waals surface area (Å²) in [4.78, 5) is 26.2. The highest BCUT2D eigenvalue weighted by Crippen LogP contribution is 2.27. The molecule has 0 saturated carbocycles. The van der Waals surface area contributed by atoms with E-state index in [1.54, 1.807) is 24.3 Å². The summed E-state index contributed by atoms with van der Waals surface area (Å²) in [6.07, 6.45) is 1.95. The van der Waals surface area contributed by atoms with Crippen LogP contribution in [0.15, 0.2) is 48.5 Å². The Morgan fingerprint density at radius 2 is 1.96 bits per heavy atom. The Bertz CT molecular complexity index is 761. The third-order valence-corrected chi connectivity index (χ3v) is 4.36. The van der Waals surface area contributed by atoms with E-state index >= 15 is 0 Å². The monoisotopic (exact) mass is 342 g/mol. The molecule has 0 atom stereocenters. The lowest BCUT2D eigenvalue weighted by atomic mass is 10.2. The molecule has 0 saturated heterocycles. The van der Waals surface area contributed by atoms with E-state index < -0.39 is 0 Å². The minimum absolute atomic E-state index is 0.108. The van der Waals surface area contributed by atoms with Crippen LogP contribution in [0, 0.1) is 0 Å². The second kappa shape index (κ2) is 7.49. The number of fused-ring (bicyclic) bond motifs is 1. The van der Waals surface area contributed by atoms with Crippen molar-refractivity contribution in [2.45, 2.75) is 19.3 Å². The number of amides is 2. The third kappa shape index (κ3) is 3.77. The maximum absolute atomic E-state index is 12.4. The van der Waals surface area contributed by atoms with Crippen molar-refractivity contribution in [2.75, 3.05) is 18.0 Å². The second-order valence-corrected chi connectivity index (χ2v) is 6.23. The van der Waals surface area contributed by atoms with Gasteiger partial charge in [0.25, 0.3) is 5.91 Å². The summed E-state index contributed by atoms with van der Waals surface area (Å²) in [5.74, 6) is -0.0616. The molecule has 5 heteroatoms. The molecule has 0 fully saturated rings. The first-order valence-corrected chi connectivity index (χ1v) is 8.45. The molecule has 2 aromatic carbocycles. The Hall–Kier alpha value is -2.33. The smallest absolute Gasteiger partial charge is 0.251 e. The molecule has 124 valence electrons. The van der Waals surface area contributed by atoms with E-state index in [4.69, 9.17) is 11.6 Å². The molecule has 0 bridgehead atoms. The number of anilines is 1. The number of benzene rings is 2. The van der Waals surface area contributed by atoms with Gasteiger partial charge in [0.2, 0.25) is 5.91 Å². The number of nitrogens with zero attached hydrogens (tertiary/aromatic N) is 1. The molecule has 1 N–H and O–H groups in total. The average Bonchev–Trinajstić information content (AvgIpc) is 3.02. The van der Waals surface area contributed by atoms with Crippen molar-refractivity contribution in [3.8, 4) is 0 Å². The van der Waals surface area contributed by atoms with Gasteiger partial charge in [0.1, 0.15) is 0 Å². The van der Waals surface area contributed by atoms with E-state index in [0.29, 0.717) is 30.0 Å². The van der Waals surface area contributed by atoms with Gasteiger partial charge in [0.05, 0.1) is 0 Å². The fourth-order valence-electron chi connectivity index (χ4n) is 2.91. The van der Waals surface area contributed by atoms with Crippen LogP contribution in [0.3, 0.4) is 0 Å². The van der Waals surface area contributed by atoms with Crippen molar-refractivity contribution < 1.29 is 9.59 Å². The number of hydrogen-bond acceptors (Lipinski definition) is 2. The molecule has 1 aliphatic heterocycles. The Kier molecular flexibility index (Phi) is 5.16. The van der Waals surface area contributed by atoms with Gasteiger partial charge in [-0.3, -0.25) is 9.59 Å². The minimum atomic E-state index is -0.170. The molecule has 0 unspecified atom stereocenters. The zero-order chi connectivity index (χ0) is 16.9. The SMILES string of the molecule is O=C(NCCCC(=O)N1CCc2ccccc21)c1cccc(Cl)c1. The number of hydrogen-bond donors (Lipinski definition) is 1.